The summed E-state index contributed by atoms with van der Waals surface area (Å²) in [5, 5.41) is 20.3. The number of aryl methyl sites for hydroxylation is 1. The summed E-state index contributed by atoms with van der Waals surface area (Å²) in [6.45, 7) is 8.65. The summed E-state index contributed by atoms with van der Waals surface area (Å²) in [5.41, 5.74) is 1.61. The minimum absolute atomic E-state index is 0.210. The van der Waals surface area contributed by atoms with Crippen LogP contribution in [0.5, 0.6) is 0 Å². The Morgan fingerprint density at radius 1 is 1.62 bits per heavy atom. The molecule has 0 bridgehead atoms. The van der Waals surface area contributed by atoms with Crippen LogP contribution in [0.25, 0.3) is 0 Å². The molecule has 3 N–H and O–H groups in total. The SMILES string of the molecule is CCCC(C)(O)CNC(C)c1cn[nH]c1C. The summed E-state index contributed by atoms with van der Waals surface area (Å²) < 4.78 is 0. The Balaban J connectivity index is 2.47. The van der Waals surface area contributed by atoms with Gasteiger partial charge in [-0.1, -0.05) is 13.3 Å². The van der Waals surface area contributed by atoms with Gasteiger partial charge in [-0.25, -0.2) is 0 Å². The predicted octanol–water partition coefficient (Wildman–Crippen LogP) is 1.92. The number of rotatable bonds is 6. The van der Waals surface area contributed by atoms with Crippen molar-refractivity contribution in [2.45, 2.75) is 52.2 Å². The van der Waals surface area contributed by atoms with Crippen LogP contribution in [0.3, 0.4) is 0 Å². The third kappa shape index (κ3) is 3.61. The van der Waals surface area contributed by atoms with E-state index in [1.165, 1.54) is 0 Å². The molecule has 0 radical (unpaired) electrons. The zero-order valence-electron chi connectivity index (χ0n) is 10.7. The highest BCUT2D eigenvalue weighted by molar-refractivity contribution is 5.18. The Hall–Kier alpha value is -0.870. The first-order valence-electron chi connectivity index (χ1n) is 5.92. The molecule has 0 aromatic carbocycles. The van der Waals surface area contributed by atoms with Gasteiger partial charge in [0.05, 0.1) is 11.8 Å². The van der Waals surface area contributed by atoms with Gasteiger partial charge in [0.15, 0.2) is 0 Å². The minimum Gasteiger partial charge on any atom is -0.389 e. The van der Waals surface area contributed by atoms with E-state index in [2.05, 4.69) is 29.4 Å². The standard InChI is InChI=1S/C12H23N3O/c1-5-6-12(4,16)8-13-9(2)11-7-14-15-10(11)3/h7,9,13,16H,5-6,8H2,1-4H3,(H,14,15). The average Bonchev–Trinajstić information content (AvgIpc) is 2.61. The molecule has 1 rings (SSSR count). The first kappa shape index (κ1) is 13.2. The third-order valence-corrected chi connectivity index (χ3v) is 2.91. The van der Waals surface area contributed by atoms with Crippen LogP contribution in [-0.2, 0) is 0 Å². The first-order valence-corrected chi connectivity index (χ1v) is 5.92. The van der Waals surface area contributed by atoms with Crippen LogP contribution in [0, 0.1) is 6.92 Å². The predicted molar refractivity (Wildman–Crippen MR) is 65.3 cm³/mol. The molecule has 0 fully saturated rings. The van der Waals surface area contributed by atoms with Gasteiger partial charge >= 0.3 is 0 Å². The van der Waals surface area contributed by atoms with E-state index in [9.17, 15) is 5.11 Å². The maximum Gasteiger partial charge on any atom is 0.0743 e. The third-order valence-electron chi connectivity index (χ3n) is 2.91. The van der Waals surface area contributed by atoms with Crippen molar-refractivity contribution >= 4 is 0 Å². The van der Waals surface area contributed by atoms with E-state index in [4.69, 9.17) is 0 Å². The van der Waals surface area contributed by atoms with Gasteiger partial charge < -0.3 is 10.4 Å². The van der Waals surface area contributed by atoms with E-state index in [0.717, 1.165) is 24.1 Å². The molecular formula is C12H23N3O. The summed E-state index contributed by atoms with van der Waals surface area (Å²) in [6, 6.07) is 0.210. The maximum absolute atomic E-state index is 10.0. The molecule has 0 aliphatic carbocycles. The highest BCUT2D eigenvalue weighted by Gasteiger charge is 2.20. The molecule has 4 nitrogen and oxygen atoms in total. The Labute approximate surface area is 97.5 Å². The number of hydrogen-bond acceptors (Lipinski definition) is 3. The van der Waals surface area contributed by atoms with E-state index in [0.29, 0.717) is 6.54 Å². The van der Waals surface area contributed by atoms with Crippen molar-refractivity contribution in [3.8, 4) is 0 Å². The van der Waals surface area contributed by atoms with Crippen molar-refractivity contribution in [1.29, 1.82) is 0 Å². The first-order chi connectivity index (χ1) is 7.46. The normalized spacial score (nSPS) is 17.1. The van der Waals surface area contributed by atoms with Crippen molar-refractivity contribution in [2.75, 3.05) is 6.54 Å². The van der Waals surface area contributed by atoms with Crippen LogP contribution in [0.15, 0.2) is 6.20 Å². The monoisotopic (exact) mass is 225 g/mol. The van der Waals surface area contributed by atoms with Crippen LogP contribution >= 0.6 is 0 Å². The molecule has 0 aliphatic heterocycles. The molecule has 0 saturated carbocycles. The van der Waals surface area contributed by atoms with Gasteiger partial charge in [0.25, 0.3) is 0 Å². The van der Waals surface area contributed by atoms with Crippen LogP contribution in [0.1, 0.15) is 50.9 Å². The Morgan fingerprint density at radius 2 is 2.31 bits per heavy atom. The molecule has 0 amide bonds. The fraction of sp³-hybridized carbons (Fsp3) is 0.750. The van der Waals surface area contributed by atoms with Crippen LogP contribution < -0.4 is 5.32 Å². The lowest BCUT2D eigenvalue weighted by Gasteiger charge is -2.25. The number of hydrogen-bond donors (Lipinski definition) is 3. The Kier molecular flexibility index (Phi) is 4.50. The highest BCUT2D eigenvalue weighted by atomic mass is 16.3. The lowest BCUT2D eigenvalue weighted by atomic mass is 10.00. The van der Waals surface area contributed by atoms with Gasteiger partial charge in [-0.3, -0.25) is 5.10 Å². The molecule has 0 saturated heterocycles. The lowest BCUT2D eigenvalue weighted by molar-refractivity contribution is 0.0476. The zero-order chi connectivity index (χ0) is 12.2. The molecular weight excluding hydrogens is 202 g/mol. The topological polar surface area (TPSA) is 60.9 Å². The lowest BCUT2D eigenvalue weighted by Crippen LogP contribution is -2.38. The van der Waals surface area contributed by atoms with Gasteiger partial charge in [-0.2, -0.15) is 5.10 Å². The van der Waals surface area contributed by atoms with Crippen molar-refractivity contribution in [1.82, 2.24) is 15.5 Å². The fourth-order valence-electron chi connectivity index (χ4n) is 1.91. The van der Waals surface area contributed by atoms with Crippen molar-refractivity contribution in [3.05, 3.63) is 17.5 Å². The van der Waals surface area contributed by atoms with E-state index < -0.39 is 5.60 Å². The second-order valence-electron chi connectivity index (χ2n) is 4.80. The highest BCUT2D eigenvalue weighted by Crippen LogP contribution is 2.16. The molecule has 1 aromatic rings. The number of H-pyrrole nitrogens is 1. The maximum atomic E-state index is 10.0. The van der Waals surface area contributed by atoms with Gasteiger partial charge in [0.2, 0.25) is 0 Å². The number of aromatic nitrogens is 2. The van der Waals surface area contributed by atoms with E-state index >= 15 is 0 Å². The average molecular weight is 225 g/mol. The Bertz CT molecular complexity index is 320. The largest absolute Gasteiger partial charge is 0.389 e. The Morgan fingerprint density at radius 3 is 2.81 bits per heavy atom. The van der Waals surface area contributed by atoms with Gasteiger partial charge in [-0.05, 0) is 27.2 Å². The smallest absolute Gasteiger partial charge is 0.0743 e. The van der Waals surface area contributed by atoms with Gasteiger partial charge in [0, 0.05) is 23.8 Å². The molecule has 1 aromatic heterocycles. The quantitative estimate of drug-likeness (QED) is 0.693. The van der Waals surface area contributed by atoms with Gasteiger partial charge in [0.1, 0.15) is 0 Å². The minimum atomic E-state index is -0.624. The molecule has 92 valence electrons. The van der Waals surface area contributed by atoms with E-state index in [-0.39, 0.29) is 6.04 Å². The summed E-state index contributed by atoms with van der Waals surface area (Å²) in [4.78, 5) is 0. The molecule has 1 heterocycles. The van der Waals surface area contributed by atoms with Crippen LogP contribution in [0.4, 0.5) is 0 Å². The van der Waals surface area contributed by atoms with Crippen LogP contribution in [-0.4, -0.2) is 27.4 Å². The second-order valence-corrected chi connectivity index (χ2v) is 4.80. The molecule has 16 heavy (non-hydrogen) atoms. The fourth-order valence-corrected chi connectivity index (χ4v) is 1.91. The van der Waals surface area contributed by atoms with Gasteiger partial charge in [-0.15, -0.1) is 0 Å². The summed E-state index contributed by atoms with van der Waals surface area (Å²) in [7, 11) is 0. The summed E-state index contributed by atoms with van der Waals surface area (Å²) >= 11 is 0. The second kappa shape index (κ2) is 5.46. The summed E-state index contributed by atoms with van der Waals surface area (Å²) in [6.07, 6.45) is 3.65. The summed E-state index contributed by atoms with van der Waals surface area (Å²) in [5.74, 6) is 0. The zero-order valence-corrected chi connectivity index (χ0v) is 10.7. The molecule has 2 atom stereocenters. The van der Waals surface area contributed by atoms with Crippen molar-refractivity contribution in [3.63, 3.8) is 0 Å². The number of nitrogens with zero attached hydrogens (tertiary/aromatic N) is 1. The number of aromatic amines is 1. The van der Waals surface area contributed by atoms with E-state index in [1.807, 2.05) is 20.0 Å². The van der Waals surface area contributed by atoms with Crippen molar-refractivity contribution in [2.24, 2.45) is 0 Å². The van der Waals surface area contributed by atoms with Crippen LogP contribution in [0.2, 0.25) is 0 Å². The van der Waals surface area contributed by atoms with E-state index in [1.54, 1.807) is 0 Å². The molecule has 4 heteroatoms. The number of nitrogens with one attached hydrogen (secondary N) is 2. The molecule has 2 unspecified atom stereocenters. The molecule has 0 aliphatic rings. The molecule has 0 spiro atoms. The number of aliphatic hydroxyl groups is 1. The van der Waals surface area contributed by atoms with Crippen molar-refractivity contribution < 1.29 is 5.11 Å².